The molecular weight excluding hydrogens is 439 g/mol. The maximum atomic E-state index is 8.54. The third-order valence-electron chi connectivity index (χ3n) is 0. The Labute approximate surface area is 116 Å². The van der Waals surface area contributed by atoms with Crippen LogP contribution in [0.4, 0.5) is 0 Å². The van der Waals surface area contributed by atoms with Crippen molar-refractivity contribution >= 4 is 43.5 Å². The normalized spacial score (nSPS) is 7.50. The van der Waals surface area contributed by atoms with Gasteiger partial charge in [-0.2, -0.15) is 0 Å². The van der Waals surface area contributed by atoms with Gasteiger partial charge in [0.2, 0.25) is 0 Å². The second kappa shape index (κ2) is 24.2. The van der Waals surface area contributed by atoms with Crippen molar-refractivity contribution in [1.82, 2.24) is 0 Å². The first-order chi connectivity index (χ1) is 5.20. The predicted octanol–water partition coefficient (Wildman–Crippen LogP) is -11.6. The molecular formula is LiO9Se3V-5. The van der Waals surface area contributed by atoms with E-state index in [9.17, 15) is 0 Å². The van der Waals surface area contributed by atoms with Crippen molar-refractivity contribution in [1.29, 1.82) is 0 Å². The first-order valence-corrected chi connectivity index (χ1v) is 7.79. The molecule has 0 saturated carbocycles. The minimum absolute atomic E-state index is 0. The molecule has 0 aliphatic rings. The Hall–Kier alpha value is 1.90. The van der Waals surface area contributed by atoms with Crippen molar-refractivity contribution in [3.63, 3.8) is 0 Å². The molecule has 83 valence electrons. The first-order valence-electron chi connectivity index (χ1n) is 1.50. The molecule has 0 spiro atoms. The Balaban J connectivity index is -0.0000000270. The van der Waals surface area contributed by atoms with Crippen LogP contribution in [-0.2, 0) is 30.1 Å². The van der Waals surface area contributed by atoms with E-state index in [1.165, 1.54) is 0 Å². The van der Waals surface area contributed by atoms with Crippen molar-refractivity contribution in [2.24, 2.45) is 0 Å². The molecule has 14 heteroatoms. The summed E-state index contributed by atoms with van der Waals surface area (Å²) in [5.74, 6) is 0. The molecule has 0 aliphatic carbocycles. The molecule has 0 fully saturated rings. The van der Waals surface area contributed by atoms with E-state index < -0.39 is 43.5 Å². The van der Waals surface area contributed by atoms with E-state index >= 15 is 0 Å². The summed E-state index contributed by atoms with van der Waals surface area (Å²) in [6.07, 6.45) is 0. The van der Waals surface area contributed by atoms with Crippen LogP contribution in [0.15, 0.2) is 0 Å². The molecule has 0 aromatic rings. The molecule has 0 unspecified atom stereocenters. The summed E-state index contributed by atoms with van der Waals surface area (Å²) in [4.78, 5) is 0. The summed E-state index contributed by atoms with van der Waals surface area (Å²) in [5.41, 5.74) is 0. The Morgan fingerprint density at radius 3 is 0.571 bits per heavy atom. The average Bonchev–Trinajstić information content (AvgIpc) is 1.54. The Bertz CT molecular complexity index is 118. The van der Waals surface area contributed by atoms with E-state index in [0.717, 1.165) is 0 Å². The molecule has 1 radical (unpaired) electrons. The minimum Gasteiger partial charge on any atom is 0 e. The fourth-order valence-electron chi connectivity index (χ4n) is 0. The fraction of sp³-hybridized carbons (Fsp3) is 0. The molecule has 9 nitrogen and oxygen atoms in total. The second-order valence-corrected chi connectivity index (χ2v) is 3.18. The zero-order valence-corrected chi connectivity index (χ0v) is 12.9. The van der Waals surface area contributed by atoms with Crippen molar-refractivity contribution in [3.05, 3.63) is 0 Å². The third kappa shape index (κ3) is 641. The second-order valence-electron chi connectivity index (χ2n) is 0.612. The molecule has 0 aliphatic heterocycles. The van der Waals surface area contributed by atoms with Gasteiger partial charge < -0.3 is 0 Å². The summed E-state index contributed by atoms with van der Waals surface area (Å²) in [6.45, 7) is 0. The van der Waals surface area contributed by atoms with Gasteiger partial charge in [-0.25, -0.2) is 0 Å². The Kier molecular flexibility index (Phi) is 51.4. The van der Waals surface area contributed by atoms with Crippen molar-refractivity contribution in [2.75, 3.05) is 0 Å². The summed E-state index contributed by atoms with van der Waals surface area (Å²) in [7, 11) is 0. The summed E-state index contributed by atoms with van der Waals surface area (Å²) >= 11 is -11.4. The maximum absolute atomic E-state index is 8.54. The molecule has 0 heterocycles. The molecule has 0 rings (SSSR count). The van der Waals surface area contributed by atoms with Gasteiger partial charge in [-0.3, -0.25) is 0 Å². The van der Waals surface area contributed by atoms with Crippen LogP contribution in [0.25, 0.3) is 0 Å². The van der Waals surface area contributed by atoms with Gasteiger partial charge in [-0.05, 0) is 0 Å². The maximum Gasteiger partial charge on any atom is 1.00 e. The summed E-state index contributed by atoms with van der Waals surface area (Å²) in [5, 5.41) is 0. The number of hydrogen-bond acceptors (Lipinski definition) is 9. The van der Waals surface area contributed by atoms with Gasteiger partial charge in [0.05, 0.1) is 0 Å². The van der Waals surface area contributed by atoms with E-state index in [0.29, 0.717) is 0 Å². The van der Waals surface area contributed by atoms with Gasteiger partial charge in [-0.15, -0.1) is 0 Å². The summed E-state index contributed by atoms with van der Waals surface area (Å²) < 4.78 is 76.9. The molecule has 0 N–H and O–H groups in total. The van der Waals surface area contributed by atoms with Crippen LogP contribution in [-0.4, -0.2) is 43.5 Å². The van der Waals surface area contributed by atoms with Crippen LogP contribution in [0.3, 0.4) is 0 Å². The van der Waals surface area contributed by atoms with Crippen LogP contribution < -0.4 is 44.0 Å². The Morgan fingerprint density at radius 2 is 0.571 bits per heavy atom. The monoisotopic (exact) mass is 442 g/mol. The molecule has 0 atom stereocenters. The van der Waals surface area contributed by atoms with Crippen LogP contribution in [0, 0.1) is 0 Å². The van der Waals surface area contributed by atoms with Crippen molar-refractivity contribution in [3.8, 4) is 0 Å². The Morgan fingerprint density at radius 1 is 0.571 bits per heavy atom. The zero-order valence-electron chi connectivity index (χ0n) is 6.35. The SMILES string of the molecule is O=[Se]([O-])[O-].O=[Se]([O-])[O-].O=[Se]([O-])[O-].[Li+].[V]. The van der Waals surface area contributed by atoms with E-state index in [-0.39, 0.29) is 37.4 Å². The fourth-order valence-corrected chi connectivity index (χ4v) is 0. The topological polar surface area (TPSA) is 190 Å². The molecule has 0 aromatic heterocycles. The van der Waals surface area contributed by atoms with E-state index in [1.54, 1.807) is 0 Å². The first kappa shape index (κ1) is 29.7. The predicted molar refractivity (Wildman–Crippen MR) is 19.3 cm³/mol. The van der Waals surface area contributed by atoms with Crippen LogP contribution in [0.1, 0.15) is 0 Å². The molecule has 0 bridgehead atoms. The van der Waals surface area contributed by atoms with Crippen LogP contribution in [0.5, 0.6) is 0 Å². The van der Waals surface area contributed by atoms with Crippen molar-refractivity contribution < 1.29 is 74.1 Å². The van der Waals surface area contributed by atoms with E-state index in [2.05, 4.69) is 0 Å². The van der Waals surface area contributed by atoms with Gasteiger partial charge in [0.1, 0.15) is 0 Å². The van der Waals surface area contributed by atoms with Gasteiger partial charge in [0.15, 0.2) is 0 Å². The van der Waals surface area contributed by atoms with E-state index in [1.807, 2.05) is 0 Å². The average molecular weight is 439 g/mol. The van der Waals surface area contributed by atoms with E-state index in [4.69, 9.17) is 36.6 Å². The van der Waals surface area contributed by atoms with Gasteiger partial charge in [-0.1, -0.05) is 0 Å². The molecule has 0 saturated heterocycles. The molecule has 14 heavy (non-hydrogen) atoms. The van der Waals surface area contributed by atoms with Gasteiger partial charge >= 0.3 is 99.0 Å². The number of hydrogen-bond donors (Lipinski definition) is 0. The van der Waals surface area contributed by atoms with Gasteiger partial charge in [0, 0.05) is 18.6 Å². The van der Waals surface area contributed by atoms with Crippen LogP contribution in [0.2, 0.25) is 0 Å². The largest absolute Gasteiger partial charge is 1.00 e. The number of rotatable bonds is 0. The molecule has 0 amide bonds. The smallest absolute Gasteiger partial charge is 0 e. The minimum atomic E-state index is -3.79. The standard InChI is InChI=1S/Li.3H2O3Se.V/c;3*1-4(2)3;/h;3*(H2,1,2,3);/q+1;;;;/p-6. The van der Waals surface area contributed by atoms with Crippen molar-refractivity contribution in [2.45, 2.75) is 0 Å². The molecule has 0 aromatic carbocycles. The zero-order chi connectivity index (χ0) is 10.7. The quantitative estimate of drug-likeness (QED) is 0.330. The summed E-state index contributed by atoms with van der Waals surface area (Å²) in [6, 6.07) is 0. The van der Waals surface area contributed by atoms with Gasteiger partial charge in [0.25, 0.3) is 0 Å². The van der Waals surface area contributed by atoms with Crippen LogP contribution >= 0.6 is 0 Å². The third-order valence-corrected chi connectivity index (χ3v) is 0.